The van der Waals surface area contributed by atoms with E-state index in [4.69, 9.17) is 5.26 Å². The first-order chi connectivity index (χ1) is 7.72. The fraction of sp³-hybridized carbons (Fsp3) is 0.273. The maximum atomic E-state index is 12.9. The van der Waals surface area contributed by atoms with Crippen LogP contribution in [0.2, 0.25) is 0 Å². The largest absolute Gasteiger partial charge is 0.309 e. The molecule has 1 saturated heterocycles. The minimum atomic E-state index is -0.470. The molecule has 1 amide bonds. The number of halogens is 2. The molecule has 6 heteroatoms. The van der Waals surface area contributed by atoms with Crippen LogP contribution in [0.4, 0.5) is 10.1 Å². The molecule has 1 heterocycles. The Morgan fingerprint density at radius 1 is 1.47 bits per heavy atom. The summed E-state index contributed by atoms with van der Waals surface area (Å²) in [6.45, 7) is 1.43. The minimum absolute atomic E-state index is 0. The molecule has 2 rings (SSSR count). The summed E-state index contributed by atoms with van der Waals surface area (Å²) >= 11 is 0. The van der Waals surface area contributed by atoms with Crippen LogP contribution in [0.25, 0.3) is 0 Å². The van der Waals surface area contributed by atoms with Gasteiger partial charge in [-0.05, 0) is 18.2 Å². The van der Waals surface area contributed by atoms with Crippen molar-refractivity contribution in [3.63, 3.8) is 0 Å². The Morgan fingerprint density at radius 3 is 2.88 bits per heavy atom. The summed E-state index contributed by atoms with van der Waals surface area (Å²) in [6, 6.07) is 5.77. The minimum Gasteiger partial charge on any atom is -0.309 e. The standard InChI is InChI=1S/C11H10FN3O.ClH/c12-9-1-2-10(8(5-9)6-13)15-4-3-14-7-11(15)16;/h1-2,5,14H,3-4,7H2;1H. The maximum absolute atomic E-state index is 12.9. The van der Waals surface area contributed by atoms with E-state index in [2.05, 4.69) is 5.32 Å². The molecule has 1 aromatic carbocycles. The van der Waals surface area contributed by atoms with Crippen molar-refractivity contribution >= 4 is 24.0 Å². The van der Waals surface area contributed by atoms with E-state index >= 15 is 0 Å². The molecule has 17 heavy (non-hydrogen) atoms. The van der Waals surface area contributed by atoms with Gasteiger partial charge in [0.1, 0.15) is 11.9 Å². The van der Waals surface area contributed by atoms with E-state index in [9.17, 15) is 9.18 Å². The lowest BCUT2D eigenvalue weighted by molar-refractivity contribution is -0.118. The van der Waals surface area contributed by atoms with Crippen molar-refractivity contribution in [1.82, 2.24) is 5.32 Å². The Labute approximate surface area is 104 Å². The third-order valence-corrected chi connectivity index (χ3v) is 2.46. The van der Waals surface area contributed by atoms with Gasteiger partial charge >= 0.3 is 0 Å². The molecule has 0 atom stereocenters. The first-order valence-electron chi connectivity index (χ1n) is 4.93. The Kier molecular flexibility index (Phi) is 4.44. The molecular weight excluding hydrogens is 245 g/mol. The van der Waals surface area contributed by atoms with Gasteiger partial charge in [-0.15, -0.1) is 12.4 Å². The zero-order chi connectivity index (χ0) is 11.5. The van der Waals surface area contributed by atoms with Crippen molar-refractivity contribution in [1.29, 1.82) is 5.26 Å². The lowest BCUT2D eigenvalue weighted by atomic mass is 10.1. The molecule has 1 aliphatic heterocycles. The van der Waals surface area contributed by atoms with Crippen LogP contribution in [0.5, 0.6) is 0 Å². The fourth-order valence-corrected chi connectivity index (χ4v) is 1.69. The first-order valence-corrected chi connectivity index (χ1v) is 4.93. The van der Waals surface area contributed by atoms with Gasteiger partial charge in [0.15, 0.2) is 0 Å². The summed E-state index contributed by atoms with van der Waals surface area (Å²) in [7, 11) is 0. The SMILES string of the molecule is Cl.N#Cc1cc(F)ccc1N1CCNCC1=O. The summed E-state index contributed by atoms with van der Waals surface area (Å²) in [4.78, 5) is 13.1. The van der Waals surface area contributed by atoms with Crippen LogP contribution < -0.4 is 10.2 Å². The molecule has 0 saturated carbocycles. The summed E-state index contributed by atoms with van der Waals surface area (Å²) < 4.78 is 12.9. The molecule has 0 aromatic heterocycles. The number of nitriles is 1. The monoisotopic (exact) mass is 255 g/mol. The van der Waals surface area contributed by atoms with E-state index < -0.39 is 5.82 Å². The zero-order valence-electron chi connectivity index (χ0n) is 8.94. The molecular formula is C11H11ClFN3O. The number of hydrogen-bond donors (Lipinski definition) is 1. The van der Waals surface area contributed by atoms with Crippen molar-refractivity contribution in [2.45, 2.75) is 0 Å². The highest BCUT2D eigenvalue weighted by Gasteiger charge is 2.21. The molecule has 1 aliphatic rings. The normalized spacial score (nSPS) is 15.1. The highest BCUT2D eigenvalue weighted by Crippen LogP contribution is 2.21. The van der Waals surface area contributed by atoms with Gasteiger partial charge in [0.2, 0.25) is 5.91 Å². The van der Waals surface area contributed by atoms with Crippen molar-refractivity contribution in [3.05, 3.63) is 29.6 Å². The van der Waals surface area contributed by atoms with Crippen molar-refractivity contribution in [2.75, 3.05) is 24.5 Å². The van der Waals surface area contributed by atoms with Gasteiger partial charge in [0.05, 0.1) is 17.8 Å². The molecule has 1 N–H and O–H groups in total. The van der Waals surface area contributed by atoms with Crippen molar-refractivity contribution in [2.24, 2.45) is 0 Å². The Morgan fingerprint density at radius 2 is 2.24 bits per heavy atom. The van der Waals surface area contributed by atoms with Crippen LogP contribution in [0, 0.1) is 17.1 Å². The number of hydrogen-bond acceptors (Lipinski definition) is 3. The molecule has 90 valence electrons. The second kappa shape index (κ2) is 5.62. The topological polar surface area (TPSA) is 56.1 Å². The van der Waals surface area contributed by atoms with Crippen LogP contribution in [-0.2, 0) is 4.79 Å². The van der Waals surface area contributed by atoms with E-state index in [-0.39, 0.29) is 30.4 Å². The number of nitrogens with one attached hydrogen (secondary N) is 1. The number of rotatable bonds is 1. The summed E-state index contributed by atoms with van der Waals surface area (Å²) in [6.07, 6.45) is 0. The number of benzene rings is 1. The van der Waals surface area contributed by atoms with Crippen molar-refractivity contribution in [3.8, 4) is 6.07 Å². The third-order valence-electron chi connectivity index (χ3n) is 2.46. The van der Waals surface area contributed by atoms with Gasteiger partial charge in [-0.25, -0.2) is 4.39 Å². The van der Waals surface area contributed by atoms with Crippen LogP contribution in [0.3, 0.4) is 0 Å². The summed E-state index contributed by atoms with van der Waals surface area (Å²) in [5.41, 5.74) is 0.672. The molecule has 4 nitrogen and oxygen atoms in total. The number of carbonyl (C=O) groups is 1. The number of carbonyl (C=O) groups excluding carboxylic acids is 1. The van der Waals surface area contributed by atoms with Gasteiger partial charge in [-0.1, -0.05) is 0 Å². The average molecular weight is 256 g/mol. The predicted octanol–water partition coefficient (Wildman–Crippen LogP) is 1.06. The summed E-state index contributed by atoms with van der Waals surface area (Å²) in [5, 5.41) is 11.8. The molecule has 0 spiro atoms. The number of anilines is 1. The molecule has 0 bridgehead atoms. The molecule has 1 fully saturated rings. The fourth-order valence-electron chi connectivity index (χ4n) is 1.69. The van der Waals surface area contributed by atoms with E-state index in [1.54, 1.807) is 0 Å². The van der Waals surface area contributed by atoms with E-state index in [0.717, 1.165) is 6.07 Å². The quantitative estimate of drug-likeness (QED) is 0.816. The highest BCUT2D eigenvalue weighted by atomic mass is 35.5. The van der Waals surface area contributed by atoms with Gasteiger partial charge in [0, 0.05) is 13.1 Å². The Balaban J connectivity index is 0.00000144. The van der Waals surface area contributed by atoms with E-state index in [1.165, 1.54) is 17.0 Å². The van der Waals surface area contributed by atoms with E-state index in [0.29, 0.717) is 18.8 Å². The van der Waals surface area contributed by atoms with Gasteiger partial charge < -0.3 is 10.2 Å². The lowest BCUT2D eigenvalue weighted by Crippen LogP contribution is -2.48. The van der Waals surface area contributed by atoms with Crippen LogP contribution in [0.1, 0.15) is 5.56 Å². The second-order valence-electron chi connectivity index (χ2n) is 3.50. The molecule has 0 radical (unpaired) electrons. The average Bonchev–Trinajstić information content (AvgIpc) is 2.30. The van der Waals surface area contributed by atoms with Crippen LogP contribution >= 0.6 is 12.4 Å². The number of nitrogens with zero attached hydrogens (tertiary/aromatic N) is 2. The smallest absolute Gasteiger partial charge is 0.241 e. The molecule has 0 unspecified atom stereocenters. The zero-order valence-corrected chi connectivity index (χ0v) is 9.76. The molecule has 0 aliphatic carbocycles. The van der Waals surface area contributed by atoms with Gasteiger partial charge in [0.25, 0.3) is 0 Å². The maximum Gasteiger partial charge on any atom is 0.241 e. The number of amides is 1. The van der Waals surface area contributed by atoms with Crippen LogP contribution in [0.15, 0.2) is 18.2 Å². The van der Waals surface area contributed by atoms with Gasteiger partial charge in [-0.3, -0.25) is 4.79 Å². The predicted molar refractivity (Wildman–Crippen MR) is 63.6 cm³/mol. The second-order valence-corrected chi connectivity index (χ2v) is 3.50. The van der Waals surface area contributed by atoms with Crippen LogP contribution in [-0.4, -0.2) is 25.5 Å². The first kappa shape index (κ1) is 13.4. The van der Waals surface area contributed by atoms with Crippen molar-refractivity contribution < 1.29 is 9.18 Å². The Bertz CT molecular complexity index is 472. The molecule has 1 aromatic rings. The van der Waals surface area contributed by atoms with E-state index in [1.807, 2.05) is 6.07 Å². The number of piperazine rings is 1. The lowest BCUT2D eigenvalue weighted by Gasteiger charge is -2.28. The van der Waals surface area contributed by atoms with Gasteiger partial charge in [-0.2, -0.15) is 5.26 Å². The highest BCUT2D eigenvalue weighted by molar-refractivity contribution is 5.96. The Hall–Kier alpha value is -1.64. The summed E-state index contributed by atoms with van der Waals surface area (Å²) in [5.74, 6) is -0.572. The third kappa shape index (κ3) is 2.73.